The van der Waals surface area contributed by atoms with Gasteiger partial charge >= 0.3 is 5.97 Å². The normalized spacial score (nSPS) is 15.7. The van der Waals surface area contributed by atoms with Gasteiger partial charge in [-0.3, -0.25) is 14.9 Å². The molecule has 9 nitrogen and oxygen atoms in total. The standard InChI is InChI=1S/C25H28N4O5S/c1-6-28-16(5)21(24(31)34-14(2)3)22(27-25(28)35)17-8-7-9-19(12-17)26-23(30)18-11-10-15(4)20(13-18)29(32)33/h7-14,22H,6H2,1-5H3,(H,26,30)(H,27,35)/t22-/m1/s1. The van der Waals surface area contributed by atoms with Crippen molar-refractivity contribution in [1.29, 1.82) is 0 Å². The molecular weight excluding hydrogens is 468 g/mol. The number of amides is 1. The Morgan fingerprint density at radius 3 is 2.57 bits per heavy atom. The van der Waals surface area contributed by atoms with E-state index in [0.29, 0.717) is 39.7 Å². The number of rotatable bonds is 7. The maximum Gasteiger partial charge on any atom is 0.338 e. The summed E-state index contributed by atoms with van der Waals surface area (Å²) in [6, 6.07) is 10.8. The Labute approximate surface area is 209 Å². The zero-order valence-electron chi connectivity index (χ0n) is 20.2. The lowest BCUT2D eigenvalue weighted by Gasteiger charge is -2.37. The van der Waals surface area contributed by atoms with Gasteiger partial charge in [0.05, 0.1) is 22.6 Å². The molecule has 2 aromatic carbocycles. The molecule has 0 saturated carbocycles. The number of esters is 1. The molecule has 0 aliphatic carbocycles. The molecule has 0 fully saturated rings. The van der Waals surface area contributed by atoms with Crippen LogP contribution in [0.15, 0.2) is 53.7 Å². The van der Waals surface area contributed by atoms with Crippen LogP contribution in [0.4, 0.5) is 11.4 Å². The van der Waals surface area contributed by atoms with Crippen LogP contribution in [0.2, 0.25) is 0 Å². The third-order valence-corrected chi connectivity index (χ3v) is 5.96. The number of carbonyl (C=O) groups is 2. The van der Waals surface area contributed by atoms with Crippen LogP contribution in [0.5, 0.6) is 0 Å². The molecule has 3 rings (SSSR count). The number of nitro benzene ring substituents is 1. The monoisotopic (exact) mass is 496 g/mol. The first kappa shape index (κ1) is 25.8. The van der Waals surface area contributed by atoms with Crippen LogP contribution in [-0.2, 0) is 9.53 Å². The number of benzene rings is 2. The van der Waals surface area contributed by atoms with Crippen molar-refractivity contribution in [3.05, 3.63) is 80.5 Å². The Hall–Kier alpha value is -3.79. The van der Waals surface area contributed by atoms with Crippen molar-refractivity contribution in [2.45, 2.75) is 46.8 Å². The Balaban J connectivity index is 1.94. The molecule has 0 spiro atoms. The van der Waals surface area contributed by atoms with Crippen LogP contribution in [0.25, 0.3) is 0 Å². The van der Waals surface area contributed by atoms with Crippen molar-refractivity contribution in [3.8, 4) is 0 Å². The summed E-state index contributed by atoms with van der Waals surface area (Å²) in [7, 11) is 0. The predicted octanol–water partition coefficient (Wildman–Crippen LogP) is 4.63. The SMILES string of the molecule is CCN1C(=S)N[C@H](c2cccc(NC(=O)c3ccc(C)c([N+](=O)[O-])c3)c2)C(C(=O)OC(C)C)=C1C. The second-order valence-electron chi connectivity index (χ2n) is 8.42. The number of anilines is 1. The summed E-state index contributed by atoms with van der Waals surface area (Å²) < 4.78 is 5.50. The van der Waals surface area contributed by atoms with E-state index in [1.54, 1.807) is 39.0 Å². The summed E-state index contributed by atoms with van der Waals surface area (Å²) >= 11 is 5.52. The molecule has 2 aromatic rings. The Bertz CT molecular complexity index is 1220. The second kappa shape index (κ2) is 10.6. The van der Waals surface area contributed by atoms with Crippen molar-refractivity contribution in [2.75, 3.05) is 11.9 Å². The minimum absolute atomic E-state index is 0.124. The highest BCUT2D eigenvalue weighted by atomic mass is 32.1. The molecule has 0 radical (unpaired) electrons. The molecule has 2 N–H and O–H groups in total. The van der Waals surface area contributed by atoms with Crippen LogP contribution in [0, 0.1) is 17.0 Å². The maximum atomic E-state index is 13.0. The highest BCUT2D eigenvalue weighted by Crippen LogP contribution is 2.33. The number of thiocarbonyl (C=S) groups is 1. The number of nitrogens with zero attached hydrogens (tertiary/aromatic N) is 2. The molecule has 1 atom stereocenters. The Morgan fingerprint density at radius 2 is 1.94 bits per heavy atom. The Kier molecular flexibility index (Phi) is 7.85. The first-order valence-corrected chi connectivity index (χ1v) is 11.6. The molecule has 1 amide bonds. The largest absolute Gasteiger partial charge is 0.459 e. The number of aryl methyl sites for hydroxylation is 1. The van der Waals surface area contributed by atoms with Gasteiger partial charge in [-0.1, -0.05) is 18.2 Å². The van der Waals surface area contributed by atoms with E-state index in [0.717, 1.165) is 0 Å². The summed E-state index contributed by atoms with van der Waals surface area (Å²) in [5.74, 6) is -0.932. The summed E-state index contributed by atoms with van der Waals surface area (Å²) in [4.78, 5) is 38.4. The molecule has 1 aliphatic heterocycles. The lowest BCUT2D eigenvalue weighted by molar-refractivity contribution is -0.385. The van der Waals surface area contributed by atoms with Crippen molar-refractivity contribution in [3.63, 3.8) is 0 Å². The molecule has 10 heteroatoms. The highest BCUT2D eigenvalue weighted by Gasteiger charge is 2.34. The van der Waals surface area contributed by atoms with E-state index < -0.39 is 22.8 Å². The second-order valence-corrected chi connectivity index (χ2v) is 8.80. The minimum Gasteiger partial charge on any atom is -0.459 e. The van der Waals surface area contributed by atoms with E-state index >= 15 is 0 Å². The predicted molar refractivity (Wildman–Crippen MR) is 137 cm³/mol. The van der Waals surface area contributed by atoms with Gasteiger partial charge in [-0.2, -0.15) is 0 Å². The number of hydrogen-bond acceptors (Lipinski definition) is 6. The van der Waals surface area contributed by atoms with Gasteiger partial charge in [-0.05, 0) is 70.6 Å². The van der Waals surface area contributed by atoms with Gasteiger partial charge in [0.2, 0.25) is 0 Å². The molecule has 0 unspecified atom stereocenters. The Morgan fingerprint density at radius 1 is 1.23 bits per heavy atom. The quantitative estimate of drug-likeness (QED) is 0.247. The van der Waals surface area contributed by atoms with Crippen LogP contribution in [0.3, 0.4) is 0 Å². The first-order chi connectivity index (χ1) is 16.5. The van der Waals surface area contributed by atoms with E-state index in [2.05, 4.69) is 10.6 Å². The molecule has 1 aliphatic rings. The van der Waals surface area contributed by atoms with Gasteiger partial charge < -0.3 is 20.3 Å². The number of ether oxygens (including phenoxy) is 1. The fourth-order valence-corrected chi connectivity index (χ4v) is 4.28. The smallest absolute Gasteiger partial charge is 0.338 e. The minimum atomic E-state index is -0.575. The van der Waals surface area contributed by atoms with E-state index in [4.69, 9.17) is 17.0 Å². The van der Waals surface area contributed by atoms with Crippen LogP contribution in [-0.4, -0.2) is 39.5 Å². The average Bonchev–Trinajstić information content (AvgIpc) is 2.78. The van der Waals surface area contributed by atoms with Gasteiger partial charge in [0.1, 0.15) is 0 Å². The number of carbonyl (C=O) groups excluding carboxylic acids is 2. The fourth-order valence-electron chi connectivity index (χ4n) is 3.90. The summed E-state index contributed by atoms with van der Waals surface area (Å²) in [6.45, 7) is 9.54. The van der Waals surface area contributed by atoms with Gasteiger partial charge in [0.15, 0.2) is 5.11 Å². The molecule has 1 heterocycles. The average molecular weight is 497 g/mol. The van der Waals surface area contributed by atoms with E-state index in [1.165, 1.54) is 18.2 Å². The van der Waals surface area contributed by atoms with Gasteiger partial charge in [0.25, 0.3) is 11.6 Å². The van der Waals surface area contributed by atoms with E-state index in [1.807, 2.05) is 24.8 Å². The number of nitrogens with one attached hydrogen (secondary N) is 2. The number of allylic oxidation sites excluding steroid dienone is 1. The third kappa shape index (κ3) is 5.65. The zero-order chi connectivity index (χ0) is 25.9. The van der Waals surface area contributed by atoms with Crippen LogP contribution >= 0.6 is 12.2 Å². The van der Waals surface area contributed by atoms with Crippen molar-refractivity contribution < 1.29 is 19.2 Å². The summed E-state index contributed by atoms with van der Waals surface area (Å²) in [5.41, 5.74) is 2.82. The molecule has 0 bridgehead atoms. The van der Waals surface area contributed by atoms with Crippen molar-refractivity contribution in [1.82, 2.24) is 10.2 Å². The lowest BCUT2D eigenvalue weighted by Crippen LogP contribution is -2.47. The van der Waals surface area contributed by atoms with Crippen LogP contribution < -0.4 is 10.6 Å². The van der Waals surface area contributed by atoms with E-state index in [9.17, 15) is 19.7 Å². The molecule has 184 valence electrons. The van der Waals surface area contributed by atoms with Gasteiger partial charge in [0, 0.05) is 35.1 Å². The lowest BCUT2D eigenvalue weighted by atomic mass is 9.94. The molecule has 0 saturated heterocycles. The topological polar surface area (TPSA) is 114 Å². The fraction of sp³-hybridized carbons (Fsp3) is 0.320. The number of nitro groups is 1. The molecule has 0 aromatic heterocycles. The summed E-state index contributed by atoms with van der Waals surface area (Å²) in [5, 5.41) is 17.7. The van der Waals surface area contributed by atoms with Crippen molar-refractivity contribution >= 4 is 40.6 Å². The number of hydrogen-bond donors (Lipinski definition) is 2. The summed E-state index contributed by atoms with van der Waals surface area (Å²) in [6.07, 6.45) is -0.295. The van der Waals surface area contributed by atoms with Crippen molar-refractivity contribution in [2.24, 2.45) is 0 Å². The highest BCUT2D eigenvalue weighted by molar-refractivity contribution is 7.80. The third-order valence-electron chi connectivity index (χ3n) is 5.62. The van der Waals surface area contributed by atoms with Crippen LogP contribution in [0.1, 0.15) is 55.2 Å². The van der Waals surface area contributed by atoms with Gasteiger partial charge in [-0.25, -0.2) is 4.79 Å². The molecule has 35 heavy (non-hydrogen) atoms. The molecular formula is C25H28N4O5S. The first-order valence-electron chi connectivity index (χ1n) is 11.2. The van der Waals surface area contributed by atoms with E-state index in [-0.39, 0.29) is 17.4 Å². The zero-order valence-corrected chi connectivity index (χ0v) is 21.1. The van der Waals surface area contributed by atoms with Gasteiger partial charge in [-0.15, -0.1) is 0 Å². The maximum absolute atomic E-state index is 13.0.